The summed E-state index contributed by atoms with van der Waals surface area (Å²) in [7, 11) is 1.09. The van der Waals surface area contributed by atoms with Gasteiger partial charge in [-0.15, -0.1) is 0 Å². The third-order valence-corrected chi connectivity index (χ3v) is 8.83. The largest absolute Gasteiger partial charge is 0.756 e. The molecule has 53 heavy (non-hydrogen) atoms. The van der Waals surface area contributed by atoms with E-state index in [1.165, 1.54) is 12.8 Å². The normalized spacial score (nSPS) is 15.1. The van der Waals surface area contributed by atoms with E-state index in [1.54, 1.807) is 6.08 Å². The van der Waals surface area contributed by atoms with Gasteiger partial charge in [-0.05, 0) is 64.2 Å². The van der Waals surface area contributed by atoms with Crippen LogP contribution in [0.5, 0.6) is 0 Å². The minimum atomic E-state index is -4.65. The van der Waals surface area contributed by atoms with Crippen LogP contribution in [0.1, 0.15) is 123 Å². The van der Waals surface area contributed by atoms with Gasteiger partial charge in [0.2, 0.25) is 0 Å². The third kappa shape index (κ3) is 37.5. The van der Waals surface area contributed by atoms with Crippen LogP contribution in [0.4, 0.5) is 0 Å². The number of carbonyl (C=O) groups excluding carboxylic acids is 2. The Labute approximate surface area is 321 Å². The summed E-state index contributed by atoms with van der Waals surface area (Å²) in [5.41, 5.74) is 0. The lowest BCUT2D eigenvalue weighted by Gasteiger charge is -2.28. The number of aliphatic hydroxyl groups excluding tert-OH is 1. The number of carbonyl (C=O) groups is 2. The zero-order valence-corrected chi connectivity index (χ0v) is 34.4. The summed E-state index contributed by atoms with van der Waals surface area (Å²) in [5, 5.41) is 9.47. The van der Waals surface area contributed by atoms with E-state index in [9.17, 15) is 24.2 Å². The minimum absolute atomic E-state index is 0.0530. The van der Waals surface area contributed by atoms with Crippen molar-refractivity contribution in [2.75, 3.05) is 47.5 Å². The summed E-state index contributed by atoms with van der Waals surface area (Å²) >= 11 is 0. The Morgan fingerprint density at radius 1 is 0.698 bits per heavy atom. The number of esters is 2. The van der Waals surface area contributed by atoms with Crippen LogP contribution in [-0.4, -0.2) is 81.2 Å². The standard InChI is InChI=1S/C42H72NO9P/c1-6-8-9-10-11-12-17-21-24-27-30-33-41(45)49-37-40(38-51-53(47,48)50-36-35-43(3,4)5)52-42(46)34-31-28-25-22-19-16-14-13-15-18-20-23-26-29-32-39(44)7-2/h10-11,14-16,18,22-23,25-26,29,32,39-40,44H,6-9,12-13,17,19-21,24,27-28,30-31,33-38H2,1-5H3/b11-10-,16-14-,18-15-,25-22-,26-23-,32-29+/t39-,40-/m1/s1. The maximum atomic E-state index is 12.6. The maximum absolute atomic E-state index is 12.6. The highest BCUT2D eigenvalue weighted by Gasteiger charge is 2.21. The first-order valence-electron chi connectivity index (χ1n) is 19.8. The number of allylic oxidation sites excluding steroid dienone is 11. The molecule has 10 nitrogen and oxygen atoms in total. The Hall–Kier alpha value is -2.59. The zero-order valence-electron chi connectivity index (χ0n) is 33.5. The summed E-state index contributed by atoms with van der Waals surface area (Å²) in [6.07, 6.45) is 37.5. The second-order valence-corrected chi connectivity index (χ2v) is 15.5. The van der Waals surface area contributed by atoms with Crippen LogP contribution in [0, 0.1) is 0 Å². The number of hydrogen-bond acceptors (Lipinski definition) is 9. The van der Waals surface area contributed by atoms with Crippen LogP contribution in [0.3, 0.4) is 0 Å². The van der Waals surface area contributed by atoms with Gasteiger partial charge in [-0.25, -0.2) is 0 Å². The van der Waals surface area contributed by atoms with Crippen molar-refractivity contribution in [3.63, 3.8) is 0 Å². The van der Waals surface area contributed by atoms with E-state index in [2.05, 4.69) is 43.4 Å². The average molecular weight is 766 g/mol. The number of likely N-dealkylation sites (N-methyl/N-ethyl adjacent to an activating group) is 1. The number of nitrogens with zero attached hydrogens (tertiary/aromatic N) is 1. The van der Waals surface area contributed by atoms with Crippen LogP contribution in [0.15, 0.2) is 72.9 Å². The molecule has 304 valence electrons. The fraction of sp³-hybridized carbons (Fsp3) is 0.667. The van der Waals surface area contributed by atoms with E-state index in [0.29, 0.717) is 36.7 Å². The molecule has 0 aliphatic rings. The lowest BCUT2D eigenvalue weighted by Crippen LogP contribution is -2.37. The first kappa shape index (κ1) is 50.4. The van der Waals surface area contributed by atoms with Gasteiger partial charge >= 0.3 is 11.9 Å². The van der Waals surface area contributed by atoms with Gasteiger partial charge in [0, 0.05) is 12.8 Å². The molecular formula is C42H72NO9P. The molecule has 0 amide bonds. The number of hydrogen-bond donors (Lipinski definition) is 1. The molecule has 0 heterocycles. The summed E-state index contributed by atoms with van der Waals surface area (Å²) < 4.78 is 33.6. The molecule has 1 N–H and O–H groups in total. The first-order chi connectivity index (χ1) is 25.4. The first-order valence-corrected chi connectivity index (χ1v) is 21.2. The number of phosphoric ester groups is 1. The van der Waals surface area contributed by atoms with Crippen LogP contribution < -0.4 is 4.89 Å². The number of rotatable bonds is 34. The lowest BCUT2D eigenvalue weighted by atomic mass is 10.1. The topological polar surface area (TPSA) is 131 Å². The highest BCUT2D eigenvalue weighted by molar-refractivity contribution is 7.45. The SMILES string of the molecule is CCCC/C=C\CCCCCCCC(=O)OC[C@H](COP(=O)([O-])OCC[N+](C)(C)C)OC(=O)CCC/C=C\C/C=C\C/C=C\C/C=C\C=C\[C@H](O)CC. The van der Waals surface area contributed by atoms with Crippen molar-refractivity contribution in [3.8, 4) is 0 Å². The van der Waals surface area contributed by atoms with Crippen LogP contribution in [0.2, 0.25) is 0 Å². The Kier molecular flexibility index (Phi) is 32.3. The highest BCUT2D eigenvalue weighted by atomic mass is 31.2. The van der Waals surface area contributed by atoms with E-state index in [0.717, 1.165) is 57.8 Å². The lowest BCUT2D eigenvalue weighted by molar-refractivity contribution is -0.870. The third-order valence-electron chi connectivity index (χ3n) is 7.87. The van der Waals surface area contributed by atoms with Crippen molar-refractivity contribution in [1.29, 1.82) is 0 Å². The quantitative estimate of drug-likeness (QED) is 0.0170. The minimum Gasteiger partial charge on any atom is -0.756 e. The van der Waals surface area contributed by atoms with Crippen molar-refractivity contribution >= 4 is 19.8 Å². The zero-order chi connectivity index (χ0) is 39.5. The Morgan fingerprint density at radius 3 is 1.92 bits per heavy atom. The van der Waals surface area contributed by atoms with Gasteiger partial charge in [0.1, 0.15) is 19.8 Å². The van der Waals surface area contributed by atoms with Crippen molar-refractivity contribution in [2.45, 2.75) is 135 Å². The second-order valence-electron chi connectivity index (χ2n) is 14.1. The Morgan fingerprint density at radius 2 is 1.26 bits per heavy atom. The van der Waals surface area contributed by atoms with Crippen molar-refractivity contribution in [2.24, 2.45) is 0 Å². The number of quaternary nitrogens is 1. The smallest absolute Gasteiger partial charge is 0.306 e. The molecule has 0 aromatic carbocycles. The summed E-state index contributed by atoms with van der Waals surface area (Å²) in [4.78, 5) is 37.3. The maximum Gasteiger partial charge on any atom is 0.306 e. The molecule has 0 rings (SSSR count). The molecule has 0 fully saturated rings. The monoisotopic (exact) mass is 765 g/mol. The van der Waals surface area contributed by atoms with Crippen molar-refractivity contribution < 1.29 is 47.2 Å². The van der Waals surface area contributed by atoms with Gasteiger partial charge < -0.3 is 33.0 Å². The summed E-state index contributed by atoms with van der Waals surface area (Å²) in [5.74, 6) is -0.944. The Bertz CT molecular complexity index is 1150. The molecule has 0 aromatic rings. The highest BCUT2D eigenvalue weighted by Crippen LogP contribution is 2.38. The molecule has 0 aromatic heterocycles. The van der Waals surface area contributed by atoms with E-state index in [4.69, 9.17) is 18.5 Å². The fourth-order valence-electron chi connectivity index (χ4n) is 4.56. The molecule has 11 heteroatoms. The molecule has 0 saturated heterocycles. The van der Waals surface area contributed by atoms with Gasteiger partial charge in [0.15, 0.2) is 6.10 Å². The Balaban J connectivity index is 4.57. The fourth-order valence-corrected chi connectivity index (χ4v) is 5.29. The van der Waals surface area contributed by atoms with Crippen LogP contribution in [0.25, 0.3) is 0 Å². The van der Waals surface area contributed by atoms with Crippen molar-refractivity contribution in [1.82, 2.24) is 0 Å². The van der Waals surface area contributed by atoms with E-state index in [-0.39, 0.29) is 32.2 Å². The van der Waals surface area contributed by atoms with Gasteiger partial charge in [-0.2, -0.15) is 0 Å². The van der Waals surface area contributed by atoms with E-state index < -0.39 is 32.5 Å². The molecule has 0 aliphatic carbocycles. The number of unbranched alkanes of at least 4 members (excludes halogenated alkanes) is 8. The summed E-state index contributed by atoms with van der Waals surface area (Å²) in [6.45, 7) is 3.73. The van der Waals surface area contributed by atoms with E-state index >= 15 is 0 Å². The summed E-state index contributed by atoms with van der Waals surface area (Å²) in [6, 6.07) is 0. The van der Waals surface area contributed by atoms with Crippen molar-refractivity contribution in [3.05, 3.63) is 72.9 Å². The molecule has 0 spiro atoms. The second kappa shape index (κ2) is 33.9. The number of phosphoric acid groups is 1. The molecule has 0 radical (unpaired) electrons. The molecule has 1 unspecified atom stereocenters. The van der Waals surface area contributed by atoms with Gasteiger partial charge in [-0.1, -0.05) is 119 Å². The predicted molar refractivity (Wildman–Crippen MR) is 214 cm³/mol. The number of aliphatic hydroxyl groups is 1. The molecule has 0 bridgehead atoms. The molecule has 0 saturated carbocycles. The van der Waals surface area contributed by atoms with Crippen LogP contribution in [-0.2, 0) is 32.7 Å². The van der Waals surface area contributed by atoms with Gasteiger partial charge in [0.05, 0.1) is 33.9 Å². The number of ether oxygens (including phenoxy) is 2. The van der Waals surface area contributed by atoms with Gasteiger partial charge in [-0.3, -0.25) is 14.2 Å². The predicted octanol–water partition coefficient (Wildman–Crippen LogP) is 9.02. The molecular weight excluding hydrogens is 693 g/mol. The molecule has 3 atom stereocenters. The van der Waals surface area contributed by atoms with Crippen LogP contribution >= 0.6 is 7.82 Å². The van der Waals surface area contributed by atoms with E-state index in [1.807, 2.05) is 58.4 Å². The average Bonchev–Trinajstić information content (AvgIpc) is 3.10. The molecule has 0 aliphatic heterocycles. The van der Waals surface area contributed by atoms with Gasteiger partial charge in [0.25, 0.3) is 7.82 Å².